The van der Waals surface area contributed by atoms with Crippen molar-refractivity contribution in [1.29, 1.82) is 0 Å². The highest BCUT2D eigenvalue weighted by molar-refractivity contribution is 8.14. The first-order valence-electron chi connectivity index (χ1n) is 3.65. The number of thioether (sulfide) groups is 1. The van der Waals surface area contributed by atoms with E-state index < -0.39 is 0 Å². The minimum atomic E-state index is -0.0312. The van der Waals surface area contributed by atoms with Crippen LogP contribution in [-0.4, -0.2) is 10.4 Å². The number of hydrogen-bond donors (Lipinski definition) is 1. The largest absolute Gasteiger partial charge is 0.448 e. The lowest BCUT2D eigenvalue weighted by Gasteiger charge is -2.00. The lowest BCUT2D eigenvalue weighted by Crippen LogP contribution is -2.00. The Morgan fingerprint density at radius 1 is 1.67 bits per heavy atom. The van der Waals surface area contributed by atoms with Crippen molar-refractivity contribution in [3.8, 4) is 0 Å². The monoisotopic (exact) mass is 185 g/mol. The number of carbonyl (C=O) groups is 1. The van der Waals surface area contributed by atoms with Crippen molar-refractivity contribution in [1.82, 2.24) is 0 Å². The summed E-state index contributed by atoms with van der Waals surface area (Å²) in [4.78, 5) is 11.4. The normalized spacial score (nSPS) is 10.6. The summed E-state index contributed by atoms with van der Waals surface area (Å²) in [5.41, 5.74) is 5.88. The molecular weight excluding hydrogens is 174 g/mol. The Bertz CT molecular complexity index is 280. The third-order valence-corrected chi connectivity index (χ3v) is 2.16. The van der Waals surface area contributed by atoms with E-state index in [2.05, 4.69) is 0 Å². The number of nitrogen functional groups attached to an aromatic ring is 1. The van der Waals surface area contributed by atoms with Crippen LogP contribution >= 0.6 is 11.8 Å². The van der Waals surface area contributed by atoms with Crippen molar-refractivity contribution in [2.75, 3.05) is 5.73 Å². The molecule has 66 valence electrons. The molecule has 0 amide bonds. The van der Waals surface area contributed by atoms with Gasteiger partial charge in [-0.3, -0.25) is 4.79 Å². The van der Waals surface area contributed by atoms with Gasteiger partial charge in [-0.15, -0.1) is 0 Å². The van der Waals surface area contributed by atoms with Crippen molar-refractivity contribution in [3.05, 3.63) is 17.9 Å². The summed E-state index contributed by atoms with van der Waals surface area (Å²) in [6.45, 7) is 3.91. The highest BCUT2D eigenvalue weighted by Crippen LogP contribution is 2.22. The molecule has 0 spiro atoms. The molecular formula is C8H11NO2S. The first-order chi connectivity index (χ1) is 5.61. The Morgan fingerprint density at radius 3 is 2.75 bits per heavy atom. The van der Waals surface area contributed by atoms with E-state index in [1.165, 1.54) is 18.0 Å². The molecule has 1 aromatic heterocycles. The van der Waals surface area contributed by atoms with Crippen LogP contribution in [-0.2, 0) is 0 Å². The van der Waals surface area contributed by atoms with E-state index in [4.69, 9.17) is 10.2 Å². The zero-order chi connectivity index (χ0) is 9.14. The number of anilines is 1. The number of nitrogens with two attached hydrogens (primary N) is 1. The van der Waals surface area contributed by atoms with Crippen LogP contribution < -0.4 is 5.73 Å². The van der Waals surface area contributed by atoms with E-state index in [0.29, 0.717) is 5.56 Å². The molecule has 0 saturated heterocycles. The zero-order valence-corrected chi connectivity index (χ0v) is 7.85. The van der Waals surface area contributed by atoms with E-state index in [1.54, 1.807) is 6.07 Å². The molecule has 0 atom stereocenters. The number of carbonyl (C=O) groups excluding carboxylic acids is 1. The quantitative estimate of drug-likeness (QED) is 0.767. The minimum Gasteiger partial charge on any atom is -0.448 e. The molecule has 12 heavy (non-hydrogen) atoms. The highest BCUT2D eigenvalue weighted by Gasteiger charge is 2.13. The Kier molecular flexibility index (Phi) is 2.81. The Labute approximate surface area is 75.3 Å². The van der Waals surface area contributed by atoms with Gasteiger partial charge in [-0.2, -0.15) is 0 Å². The molecule has 1 aromatic rings. The molecule has 3 nitrogen and oxygen atoms in total. The molecule has 0 radical (unpaired) electrons. The van der Waals surface area contributed by atoms with Crippen molar-refractivity contribution in [2.24, 2.45) is 0 Å². The van der Waals surface area contributed by atoms with Gasteiger partial charge in [0.05, 0.1) is 11.8 Å². The van der Waals surface area contributed by atoms with Crippen molar-refractivity contribution in [3.63, 3.8) is 0 Å². The van der Waals surface area contributed by atoms with Gasteiger partial charge in [0.2, 0.25) is 11.0 Å². The summed E-state index contributed by atoms with van der Waals surface area (Å²) in [5, 5.41) is 0.239. The van der Waals surface area contributed by atoms with Gasteiger partial charge in [0.25, 0.3) is 0 Å². The van der Waals surface area contributed by atoms with Gasteiger partial charge in [-0.1, -0.05) is 25.6 Å². The summed E-state index contributed by atoms with van der Waals surface area (Å²) < 4.78 is 4.81. The fourth-order valence-electron chi connectivity index (χ4n) is 0.767. The Morgan fingerprint density at radius 2 is 2.33 bits per heavy atom. The predicted octanol–water partition coefficient (Wildman–Crippen LogP) is 2.14. The van der Waals surface area contributed by atoms with Gasteiger partial charge in [0.15, 0.2) is 0 Å². The SMILES string of the molecule is CC(C)SC(=O)c1ccoc1N. The summed E-state index contributed by atoms with van der Waals surface area (Å²) in [7, 11) is 0. The van der Waals surface area contributed by atoms with Crippen molar-refractivity contribution >= 4 is 22.8 Å². The number of hydrogen-bond acceptors (Lipinski definition) is 4. The van der Waals surface area contributed by atoms with E-state index in [1.807, 2.05) is 13.8 Å². The predicted molar refractivity (Wildman–Crippen MR) is 50.2 cm³/mol. The average molecular weight is 185 g/mol. The van der Waals surface area contributed by atoms with Gasteiger partial charge in [0.1, 0.15) is 0 Å². The van der Waals surface area contributed by atoms with E-state index in [9.17, 15) is 4.79 Å². The third-order valence-electron chi connectivity index (χ3n) is 1.26. The van der Waals surface area contributed by atoms with Gasteiger partial charge in [0, 0.05) is 5.25 Å². The second kappa shape index (κ2) is 3.67. The first kappa shape index (κ1) is 9.19. The molecule has 1 rings (SSSR count). The zero-order valence-electron chi connectivity index (χ0n) is 7.03. The molecule has 0 aromatic carbocycles. The summed E-state index contributed by atoms with van der Waals surface area (Å²) in [6.07, 6.45) is 1.42. The van der Waals surface area contributed by atoms with E-state index >= 15 is 0 Å². The molecule has 0 unspecified atom stereocenters. The number of rotatable bonds is 2. The van der Waals surface area contributed by atoms with Gasteiger partial charge in [-0.25, -0.2) is 0 Å². The first-order valence-corrected chi connectivity index (χ1v) is 4.53. The molecule has 0 aliphatic heterocycles. The Hall–Kier alpha value is -0.900. The topological polar surface area (TPSA) is 56.2 Å². The summed E-state index contributed by atoms with van der Waals surface area (Å²) in [5.74, 6) is 0.202. The minimum absolute atomic E-state index is 0.0312. The molecule has 0 saturated carbocycles. The fourth-order valence-corrected chi connectivity index (χ4v) is 1.49. The van der Waals surface area contributed by atoms with E-state index in [0.717, 1.165) is 0 Å². The molecule has 4 heteroatoms. The lowest BCUT2D eigenvalue weighted by atomic mass is 10.3. The van der Waals surface area contributed by atoms with Crippen LogP contribution in [0.15, 0.2) is 16.7 Å². The van der Waals surface area contributed by atoms with Gasteiger partial charge >= 0.3 is 0 Å². The lowest BCUT2D eigenvalue weighted by molar-refractivity contribution is 0.108. The van der Waals surface area contributed by atoms with Crippen molar-refractivity contribution in [2.45, 2.75) is 19.1 Å². The second-order valence-electron chi connectivity index (χ2n) is 2.65. The average Bonchev–Trinajstić information content (AvgIpc) is 2.33. The van der Waals surface area contributed by atoms with Crippen LogP contribution in [0.3, 0.4) is 0 Å². The summed E-state index contributed by atoms with van der Waals surface area (Å²) >= 11 is 1.25. The van der Waals surface area contributed by atoms with Crippen LogP contribution in [0.1, 0.15) is 24.2 Å². The molecule has 0 bridgehead atoms. The molecule has 0 aliphatic rings. The van der Waals surface area contributed by atoms with Crippen LogP contribution in [0.25, 0.3) is 0 Å². The third kappa shape index (κ3) is 2.04. The van der Waals surface area contributed by atoms with Crippen LogP contribution in [0, 0.1) is 0 Å². The van der Waals surface area contributed by atoms with Gasteiger partial charge in [-0.05, 0) is 6.07 Å². The molecule has 0 fully saturated rings. The highest BCUT2D eigenvalue weighted by atomic mass is 32.2. The fraction of sp³-hybridized carbons (Fsp3) is 0.375. The molecule has 2 N–H and O–H groups in total. The maximum Gasteiger partial charge on any atom is 0.225 e. The van der Waals surface area contributed by atoms with E-state index in [-0.39, 0.29) is 16.2 Å². The standard InChI is InChI=1S/C8H11NO2S/c1-5(2)12-8(10)6-3-4-11-7(6)9/h3-5H,9H2,1-2H3. The molecule has 1 heterocycles. The summed E-state index contributed by atoms with van der Waals surface area (Å²) in [6, 6.07) is 1.59. The maximum absolute atomic E-state index is 11.4. The second-order valence-corrected chi connectivity index (χ2v) is 4.20. The van der Waals surface area contributed by atoms with Crippen molar-refractivity contribution < 1.29 is 9.21 Å². The maximum atomic E-state index is 11.4. The molecule has 0 aliphatic carbocycles. The number of furan rings is 1. The van der Waals surface area contributed by atoms with Crippen LogP contribution in [0.2, 0.25) is 0 Å². The van der Waals surface area contributed by atoms with Crippen LogP contribution in [0.5, 0.6) is 0 Å². The smallest absolute Gasteiger partial charge is 0.225 e. The van der Waals surface area contributed by atoms with Gasteiger partial charge < -0.3 is 10.2 Å². The Balaban J connectivity index is 2.72. The van der Waals surface area contributed by atoms with Crippen LogP contribution in [0.4, 0.5) is 5.88 Å².